The van der Waals surface area contributed by atoms with Crippen molar-refractivity contribution >= 4 is 6.03 Å². The normalized spacial score (nSPS) is 23.9. The van der Waals surface area contributed by atoms with Crippen LogP contribution in [0.15, 0.2) is 0 Å². The zero-order valence-corrected chi connectivity index (χ0v) is 13.2. The molecule has 2 atom stereocenters. The fourth-order valence-corrected chi connectivity index (χ4v) is 2.74. The Kier molecular flexibility index (Phi) is 5.70. The van der Waals surface area contributed by atoms with Crippen molar-refractivity contribution < 1.29 is 9.53 Å². The minimum absolute atomic E-state index is 0.135. The van der Waals surface area contributed by atoms with Gasteiger partial charge in [-0.15, -0.1) is 0 Å². The van der Waals surface area contributed by atoms with Gasteiger partial charge >= 0.3 is 6.03 Å². The van der Waals surface area contributed by atoms with E-state index in [1.807, 2.05) is 0 Å². The third kappa shape index (κ3) is 4.97. The fraction of sp³-hybridized carbons (Fsp3) is 0.938. The molecule has 4 nitrogen and oxygen atoms in total. The van der Waals surface area contributed by atoms with Gasteiger partial charge in [0.2, 0.25) is 0 Å². The molecule has 0 aromatic rings. The molecule has 1 saturated carbocycles. The molecular weight excluding hydrogens is 252 g/mol. The largest absolute Gasteiger partial charge is 0.381 e. The molecule has 0 radical (unpaired) electrons. The Bertz CT molecular complexity index is 310. The highest BCUT2D eigenvalue weighted by Crippen LogP contribution is 2.29. The van der Waals surface area contributed by atoms with E-state index in [1.54, 1.807) is 0 Å². The van der Waals surface area contributed by atoms with Gasteiger partial charge in [-0.1, -0.05) is 13.8 Å². The molecular formula is C16H30N2O2. The number of nitrogens with one attached hydrogen (secondary N) is 1. The maximum atomic E-state index is 12.4. The first-order chi connectivity index (χ1) is 9.56. The second-order valence-electron chi connectivity index (χ2n) is 6.93. The van der Waals surface area contributed by atoms with Crippen molar-refractivity contribution in [2.75, 3.05) is 19.8 Å². The summed E-state index contributed by atoms with van der Waals surface area (Å²) < 4.78 is 5.43. The van der Waals surface area contributed by atoms with Crippen LogP contribution in [-0.2, 0) is 4.74 Å². The topological polar surface area (TPSA) is 41.6 Å². The van der Waals surface area contributed by atoms with E-state index in [0.717, 1.165) is 32.6 Å². The first kappa shape index (κ1) is 15.6. The maximum Gasteiger partial charge on any atom is 0.317 e. The number of hydrogen-bond donors (Lipinski definition) is 1. The summed E-state index contributed by atoms with van der Waals surface area (Å²) in [5.74, 6) is 1.23. The second kappa shape index (κ2) is 7.30. The summed E-state index contributed by atoms with van der Waals surface area (Å²) in [6, 6.07) is 0.884. The van der Waals surface area contributed by atoms with Gasteiger partial charge in [0.1, 0.15) is 0 Å². The zero-order valence-electron chi connectivity index (χ0n) is 13.2. The predicted octanol–water partition coefficient (Wildman–Crippen LogP) is 3.02. The van der Waals surface area contributed by atoms with E-state index in [2.05, 4.69) is 31.0 Å². The van der Waals surface area contributed by atoms with Crippen molar-refractivity contribution in [3.05, 3.63) is 0 Å². The van der Waals surface area contributed by atoms with Gasteiger partial charge in [0, 0.05) is 31.2 Å². The van der Waals surface area contributed by atoms with E-state index in [1.165, 1.54) is 19.3 Å². The molecule has 20 heavy (non-hydrogen) atoms. The van der Waals surface area contributed by atoms with Crippen LogP contribution in [0.4, 0.5) is 4.79 Å². The van der Waals surface area contributed by atoms with E-state index >= 15 is 0 Å². The summed E-state index contributed by atoms with van der Waals surface area (Å²) in [7, 11) is 0. The Labute approximate surface area is 123 Å². The molecule has 0 spiro atoms. The van der Waals surface area contributed by atoms with E-state index in [4.69, 9.17) is 4.74 Å². The van der Waals surface area contributed by atoms with Gasteiger partial charge < -0.3 is 15.0 Å². The standard InChI is InChI=1S/C16H30N2O2/c1-12(2)4-5-13(3)17-16(19)18(15-6-7-15)10-14-8-9-20-11-14/h12-15H,4-11H2,1-3H3,(H,17,19). The van der Waals surface area contributed by atoms with Crippen LogP contribution in [-0.4, -0.2) is 42.8 Å². The van der Waals surface area contributed by atoms with Gasteiger partial charge in [-0.05, 0) is 44.9 Å². The minimum atomic E-state index is 0.135. The number of carbonyl (C=O) groups is 1. The van der Waals surface area contributed by atoms with Gasteiger partial charge in [0.05, 0.1) is 6.61 Å². The highest BCUT2D eigenvalue weighted by Gasteiger charge is 2.35. The smallest absolute Gasteiger partial charge is 0.317 e. The lowest BCUT2D eigenvalue weighted by Gasteiger charge is -2.27. The SMILES string of the molecule is CC(C)CCC(C)NC(=O)N(CC1CCOC1)C1CC1. The van der Waals surface area contributed by atoms with Crippen LogP contribution in [0.5, 0.6) is 0 Å². The molecule has 2 unspecified atom stereocenters. The molecule has 1 N–H and O–H groups in total. The lowest BCUT2D eigenvalue weighted by molar-refractivity contribution is 0.160. The highest BCUT2D eigenvalue weighted by molar-refractivity contribution is 5.75. The molecule has 1 aliphatic carbocycles. The van der Waals surface area contributed by atoms with E-state index in [0.29, 0.717) is 17.9 Å². The summed E-state index contributed by atoms with van der Waals surface area (Å²) in [6.07, 6.45) is 5.66. The molecule has 0 aromatic heterocycles. The maximum absolute atomic E-state index is 12.4. The average Bonchev–Trinajstić information content (AvgIpc) is 3.10. The second-order valence-corrected chi connectivity index (χ2v) is 6.93. The fourth-order valence-electron chi connectivity index (χ4n) is 2.74. The Balaban J connectivity index is 1.77. The lowest BCUT2D eigenvalue weighted by Crippen LogP contribution is -2.47. The first-order valence-corrected chi connectivity index (χ1v) is 8.21. The van der Waals surface area contributed by atoms with Gasteiger partial charge in [0.25, 0.3) is 0 Å². The first-order valence-electron chi connectivity index (χ1n) is 8.21. The van der Waals surface area contributed by atoms with Crippen LogP contribution in [0, 0.1) is 11.8 Å². The molecule has 4 heteroatoms. The molecule has 2 aliphatic rings. The van der Waals surface area contributed by atoms with Crippen LogP contribution in [0.3, 0.4) is 0 Å². The number of amides is 2. The van der Waals surface area contributed by atoms with Crippen molar-refractivity contribution in [3.63, 3.8) is 0 Å². The summed E-state index contributed by atoms with van der Waals surface area (Å²) in [4.78, 5) is 14.5. The van der Waals surface area contributed by atoms with Crippen LogP contribution in [0.25, 0.3) is 0 Å². The highest BCUT2D eigenvalue weighted by atomic mass is 16.5. The molecule has 1 heterocycles. The van der Waals surface area contributed by atoms with Crippen molar-refractivity contribution in [3.8, 4) is 0 Å². The molecule has 0 bridgehead atoms. The van der Waals surface area contributed by atoms with Crippen LogP contribution in [0.1, 0.15) is 52.9 Å². The molecule has 2 amide bonds. The molecule has 1 aliphatic heterocycles. The van der Waals surface area contributed by atoms with Gasteiger partial charge in [-0.25, -0.2) is 4.79 Å². The monoisotopic (exact) mass is 282 g/mol. The zero-order chi connectivity index (χ0) is 14.5. The van der Waals surface area contributed by atoms with E-state index in [-0.39, 0.29) is 12.1 Å². The Hall–Kier alpha value is -0.770. The van der Waals surface area contributed by atoms with E-state index < -0.39 is 0 Å². The summed E-state index contributed by atoms with van der Waals surface area (Å²) in [5, 5.41) is 3.18. The lowest BCUT2D eigenvalue weighted by atomic mass is 10.0. The van der Waals surface area contributed by atoms with Crippen molar-refractivity contribution in [2.24, 2.45) is 11.8 Å². The molecule has 2 fully saturated rings. The van der Waals surface area contributed by atoms with Crippen molar-refractivity contribution in [2.45, 2.75) is 65.0 Å². The van der Waals surface area contributed by atoms with Crippen LogP contribution in [0.2, 0.25) is 0 Å². The molecule has 116 valence electrons. The van der Waals surface area contributed by atoms with Gasteiger partial charge in [-0.2, -0.15) is 0 Å². The van der Waals surface area contributed by atoms with Crippen LogP contribution < -0.4 is 5.32 Å². The number of hydrogen-bond acceptors (Lipinski definition) is 2. The Morgan fingerprint density at radius 1 is 1.25 bits per heavy atom. The Morgan fingerprint density at radius 2 is 2.00 bits per heavy atom. The molecule has 1 saturated heterocycles. The molecule has 0 aromatic carbocycles. The average molecular weight is 282 g/mol. The van der Waals surface area contributed by atoms with Crippen molar-refractivity contribution in [1.82, 2.24) is 10.2 Å². The summed E-state index contributed by atoms with van der Waals surface area (Å²) in [5.41, 5.74) is 0. The number of rotatable bonds is 7. The van der Waals surface area contributed by atoms with Gasteiger partial charge in [0.15, 0.2) is 0 Å². The predicted molar refractivity (Wildman–Crippen MR) is 80.7 cm³/mol. The van der Waals surface area contributed by atoms with Gasteiger partial charge in [-0.3, -0.25) is 0 Å². The summed E-state index contributed by atoms with van der Waals surface area (Å²) >= 11 is 0. The van der Waals surface area contributed by atoms with E-state index in [9.17, 15) is 4.79 Å². The number of urea groups is 1. The Morgan fingerprint density at radius 3 is 2.55 bits per heavy atom. The summed E-state index contributed by atoms with van der Waals surface area (Å²) in [6.45, 7) is 9.11. The molecule has 2 rings (SSSR count). The van der Waals surface area contributed by atoms with Crippen molar-refractivity contribution in [1.29, 1.82) is 0 Å². The number of carbonyl (C=O) groups excluding carboxylic acids is 1. The number of ether oxygens (including phenoxy) is 1. The van der Waals surface area contributed by atoms with Crippen LogP contribution >= 0.6 is 0 Å². The quantitative estimate of drug-likeness (QED) is 0.780. The minimum Gasteiger partial charge on any atom is -0.381 e. The number of nitrogens with zero attached hydrogens (tertiary/aromatic N) is 1. The third-order valence-electron chi connectivity index (χ3n) is 4.27. The third-order valence-corrected chi connectivity index (χ3v) is 4.27.